The summed E-state index contributed by atoms with van der Waals surface area (Å²) in [4.78, 5) is 4.75. The third-order valence-electron chi connectivity index (χ3n) is 7.09. The van der Waals surface area contributed by atoms with E-state index in [1.54, 1.807) is 0 Å². The van der Waals surface area contributed by atoms with Crippen molar-refractivity contribution in [2.75, 3.05) is 46.4 Å². The van der Waals surface area contributed by atoms with E-state index in [4.69, 9.17) is 14.0 Å². The molecule has 1 fully saturated rings. The second kappa shape index (κ2) is 10.5. The largest absolute Gasteiger partial charge is 0.486 e. The summed E-state index contributed by atoms with van der Waals surface area (Å²) in [5.41, 5.74) is 2.58. The summed E-state index contributed by atoms with van der Waals surface area (Å²) in [5, 5.41) is 14.2. The molecule has 0 unspecified atom stereocenters. The fourth-order valence-corrected chi connectivity index (χ4v) is 5.02. The Balaban J connectivity index is 1.08. The number of fused-ring (bicyclic) bond motifs is 1. The third kappa shape index (κ3) is 5.34. The van der Waals surface area contributed by atoms with E-state index in [9.17, 15) is 5.26 Å². The first kappa shape index (κ1) is 23.4. The van der Waals surface area contributed by atoms with Crippen LogP contribution in [0.3, 0.4) is 0 Å². The van der Waals surface area contributed by atoms with E-state index in [0.717, 1.165) is 79.5 Å². The van der Waals surface area contributed by atoms with Crippen molar-refractivity contribution >= 4 is 0 Å². The number of hydrogen-bond acceptors (Lipinski definition) is 7. The van der Waals surface area contributed by atoms with E-state index < -0.39 is 0 Å². The van der Waals surface area contributed by atoms with Crippen LogP contribution in [0.2, 0.25) is 0 Å². The van der Waals surface area contributed by atoms with Crippen molar-refractivity contribution in [3.8, 4) is 28.8 Å². The lowest BCUT2D eigenvalue weighted by Gasteiger charge is -2.37. The zero-order chi connectivity index (χ0) is 24.1. The molecule has 3 aromatic rings. The van der Waals surface area contributed by atoms with Gasteiger partial charge in [0.2, 0.25) is 0 Å². The van der Waals surface area contributed by atoms with Gasteiger partial charge in [0, 0.05) is 11.6 Å². The first-order valence-electron chi connectivity index (χ1n) is 12.4. The minimum absolute atomic E-state index is 0.338. The molecule has 0 N–H and O–H groups in total. The highest BCUT2D eigenvalue weighted by Crippen LogP contribution is 2.35. The van der Waals surface area contributed by atoms with Crippen LogP contribution in [0, 0.1) is 11.3 Å². The summed E-state index contributed by atoms with van der Waals surface area (Å²) in [6.07, 6.45) is 2.86. The summed E-state index contributed by atoms with van der Waals surface area (Å²) >= 11 is 0. The van der Waals surface area contributed by atoms with Gasteiger partial charge in [-0.25, -0.2) is 0 Å². The van der Waals surface area contributed by atoms with Gasteiger partial charge in [-0.3, -0.25) is 4.90 Å². The zero-order valence-corrected chi connectivity index (χ0v) is 20.3. The van der Waals surface area contributed by atoms with Gasteiger partial charge in [-0.2, -0.15) is 5.26 Å². The van der Waals surface area contributed by atoms with Crippen LogP contribution >= 0.6 is 0 Å². The highest BCUT2D eigenvalue weighted by atomic mass is 16.6. The molecule has 2 aliphatic rings. The van der Waals surface area contributed by atoms with Gasteiger partial charge in [-0.15, -0.1) is 0 Å². The van der Waals surface area contributed by atoms with Gasteiger partial charge in [-0.05, 0) is 76.3 Å². The highest BCUT2D eigenvalue weighted by molar-refractivity contribution is 5.64. The maximum absolute atomic E-state index is 9.90. The lowest BCUT2D eigenvalue weighted by molar-refractivity contribution is 0.171. The molecule has 1 saturated heterocycles. The van der Waals surface area contributed by atoms with Crippen LogP contribution in [0.15, 0.2) is 59.1 Å². The van der Waals surface area contributed by atoms with Crippen LogP contribution in [0.5, 0.6) is 11.5 Å². The minimum Gasteiger partial charge on any atom is -0.486 e. The van der Waals surface area contributed by atoms with Gasteiger partial charge in [0.05, 0.1) is 18.0 Å². The molecule has 2 aromatic carbocycles. The SMILES string of the molecule is CN(CCCN1CCC(C#N)(c2ccccc2)CC1)Cc1cc(-c2ccc3c(c2)OCCO3)no1. The lowest BCUT2D eigenvalue weighted by atomic mass is 9.74. The number of nitriles is 1. The molecule has 0 spiro atoms. The summed E-state index contributed by atoms with van der Waals surface area (Å²) in [6, 6.07) is 20.7. The van der Waals surface area contributed by atoms with Gasteiger partial charge in [-0.1, -0.05) is 35.5 Å². The van der Waals surface area contributed by atoms with E-state index in [0.29, 0.717) is 19.8 Å². The van der Waals surface area contributed by atoms with Crippen LogP contribution in [0.4, 0.5) is 0 Å². The van der Waals surface area contributed by atoms with Crippen molar-refractivity contribution in [1.82, 2.24) is 15.0 Å². The van der Waals surface area contributed by atoms with Crippen molar-refractivity contribution in [2.45, 2.75) is 31.2 Å². The monoisotopic (exact) mass is 472 g/mol. The fraction of sp³-hybridized carbons (Fsp3) is 0.429. The van der Waals surface area contributed by atoms with Crippen molar-refractivity contribution in [3.05, 3.63) is 65.9 Å². The van der Waals surface area contributed by atoms with E-state index in [2.05, 4.69) is 40.2 Å². The Morgan fingerprint density at radius 1 is 1.03 bits per heavy atom. The Morgan fingerprint density at radius 3 is 2.57 bits per heavy atom. The number of hydrogen-bond donors (Lipinski definition) is 0. The first-order valence-corrected chi connectivity index (χ1v) is 12.4. The van der Waals surface area contributed by atoms with Crippen molar-refractivity contribution < 1.29 is 14.0 Å². The molecule has 3 heterocycles. The van der Waals surface area contributed by atoms with E-state index in [1.165, 1.54) is 0 Å². The molecule has 0 atom stereocenters. The van der Waals surface area contributed by atoms with E-state index >= 15 is 0 Å². The summed E-state index contributed by atoms with van der Waals surface area (Å²) in [5.74, 6) is 2.37. The zero-order valence-electron chi connectivity index (χ0n) is 20.3. The topological polar surface area (TPSA) is 74.8 Å². The van der Waals surface area contributed by atoms with Gasteiger partial charge in [0.15, 0.2) is 17.3 Å². The number of likely N-dealkylation sites (tertiary alicyclic amines) is 1. The standard InChI is InChI=1S/C28H32N4O3/c1-31(12-5-13-32-14-10-28(21-29,11-15-32)23-6-3-2-4-7-23)20-24-19-25(30-35-24)22-8-9-26-27(18-22)34-17-16-33-26/h2-4,6-9,18-19H,5,10-17,20H2,1H3. The maximum atomic E-state index is 9.90. The Bertz CT molecular complexity index is 1160. The highest BCUT2D eigenvalue weighted by Gasteiger charge is 2.36. The number of piperidine rings is 1. The molecule has 182 valence electrons. The number of rotatable bonds is 8. The summed E-state index contributed by atoms with van der Waals surface area (Å²) in [6.45, 7) is 5.80. The van der Waals surface area contributed by atoms with Crippen LogP contribution in [-0.4, -0.2) is 61.4 Å². The minimum atomic E-state index is -0.338. The van der Waals surface area contributed by atoms with Gasteiger partial charge < -0.3 is 18.9 Å². The van der Waals surface area contributed by atoms with Crippen molar-refractivity contribution in [1.29, 1.82) is 5.26 Å². The third-order valence-corrected chi connectivity index (χ3v) is 7.09. The van der Waals surface area contributed by atoms with Crippen LogP contribution in [0.1, 0.15) is 30.6 Å². The van der Waals surface area contributed by atoms with Gasteiger partial charge in [0.25, 0.3) is 0 Å². The van der Waals surface area contributed by atoms with Gasteiger partial charge in [0.1, 0.15) is 18.9 Å². The molecule has 5 rings (SSSR count). The van der Waals surface area contributed by atoms with Crippen LogP contribution in [0.25, 0.3) is 11.3 Å². The lowest BCUT2D eigenvalue weighted by Crippen LogP contribution is -2.42. The molecule has 0 amide bonds. The van der Waals surface area contributed by atoms with Crippen LogP contribution in [-0.2, 0) is 12.0 Å². The van der Waals surface area contributed by atoms with E-state index in [1.807, 2.05) is 42.5 Å². The second-order valence-electron chi connectivity index (χ2n) is 9.53. The van der Waals surface area contributed by atoms with Crippen molar-refractivity contribution in [2.24, 2.45) is 0 Å². The predicted octanol–water partition coefficient (Wildman–Crippen LogP) is 4.49. The number of aromatic nitrogens is 1. The Morgan fingerprint density at radius 2 is 1.80 bits per heavy atom. The number of benzene rings is 2. The molecule has 7 nitrogen and oxygen atoms in total. The summed E-state index contributed by atoms with van der Waals surface area (Å²) < 4.78 is 16.9. The van der Waals surface area contributed by atoms with Crippen molar-refractivity contribution in [3.63, 3.8) is 0 Å². The van der Waals surface area contributed by atoms with Crippen LogP contribution < -0.4 is 9.47 Å². The Hall–Kier alpha value is -3.34. The fourth-order valence-electron chi connectivity index (χ4n) is 5.02. The number of nitrogens with zero attached hydrogens (tertiary/aromatic N) is 4. The summed E-state index contributed by atoms with van der Waals surface area (Å²) in [7, 11) is 2.11. The molecule has 0 aliphatic carbocycles. The molecular formula is C28H32N4O3. The predicted molar refractivity (Wildman–Crippen MR) is 133 cm³/mol. The Labute approximate surface area is 206 Å². The number of ether oxygens (including phenoxy) is 2. The smallest absolute Gasteiger partial charge is 0.162 e. The van der Waals surface area contributed by atoms with Gasteiger partial charge >= 0.3 is 0 Å². The second-order valence-corrected chi connectivity index (χ2v) is 9.53. The molecule has 0 radical (unpaired) electrons. The Kier molecular flexibility index (Phi) is 7.03. The molecule has 2 aliphatic heterocycles. The molecule has 0 bridgehead atoms. The average Bonchev–Trinajstić information content (AvgIpc) is 3.38. The molecule has 0 saturated carbocycles. The first-order chi connectivity index (χ1) is 17.1. The molecule has 7 heteroatoms. The molecule has 1 aromatic heterocycles. The van der Waals surface area contributed by atoms with E-state index in [-0.39, 0.29) is 5.41 Å². The molecular weight excluding hydrogens is 440 g/mol. The molecule has 35 heavy (non-hydrogen) atoms. The average molecular weight is 473 g/mol. The maximum Gasteiger partial charge on any atom is 0.162 e. The quantitative estimate of drug-likeness (QED) is 0.478. The normalized spacial score (nSPS) is 17.3.